The maximum Gasteiger partial charge on any atom is 0.325 e. The SMILES string of the molecule is C=C/C=C(\C=C)CNC(=O)C(c1ccc(OCC)c(OCC)c1)N(C(=O)CCc1ccc(OCCCCN(C)CCOCCOCCc2cn(CCOCCOc3ccc(NC(=O)Nc4nc(CC(=O)N5CCN(C)CC5)cs4)cc3)nn2)cc1)C1CC1. The van der Waals surface area contributed by atoms with Gasteiger partial charge >= 0.3 is 6.03 Å². The molecular formula is C65H89N11O11S. The minimum Gasteiger partial charge on any atom is -0.494 e. The van der Waals surface area contributed by atoms with Gasteiger partial charge in [0.05, 0.1) is 83.8 Å². The molecule has 5 amide bonds. The number of amides is 5. The second-order valence-corrected chi connectivity index (χ2v) is 22.3. The monoisotopic (exact) mass is 1230 g/mol. The first kappa shape index (κ1) is 67.8. The second-order valence-electron chi connectivity index (χ2n) is 21.4. The van der Waals surface area contributed by atoms with E-state index in [9.17, 15) is 19.2 Å². The van der Waals surface area contributed by atoms with Gasteiger partial charge in [0.15, 0.2) is 16.6 Å². The molecule has 2 fully saturated rings. The molecular weight excluding hydrogens is 1140 g/mol. The van der Waals surface area contributed by atoms with E-state index < -0.39 is 12.1 Å². The number of benzene rings is 3. The molecule has 1 aliphatic heterocycles. The third-order valence-electron chi connectivity index (χ3n) is 14.6. The fraction of sp³-hybridized carbons (Fsp3) is 0.492. The Labute approximate surface area is 522 Å². The van der Waals surface area contributed by atoms with Crippen LogP contribution in [0.15, 0.2) is 115 Å². The summed E-state index contributed by atoms with van der Waals surface area (Å²) in [4.78, 5) is 66.1. The summed E-state index contributed by atoms with van der Waals surface area (Å²) in [5.74, 6) is 2.23. The molecule has 22 nitrogen and oxygen atoms in total. The maximum absolute atomic E-state index is 14.2. The highest BCUT2D eigenvalue weighted by atomic mass is 32.1. The Bertz CT molecular complexity index is 2980. The molecule has 23 heteroatoms. The van der Waals surface area contributed by atoms with Gasteiger partial charge in [0, 0.05) is 75.4 Å². The van der Waals surface area contributed by atoms with Crippen molar-refractivity contribution in [3.05, 3.63) is 138 Å². The number of aryl methyl sites for hydroxylation is 1. The standard InChI is InChI=1S/C65H89N11O11S/c1-7-13-49(8-2)46-66-63(79)62(51-17-26-58(84-9-3)59(44-51)85-10-4)76(55-20-21-55)60(77)27-16-50-14-22-56(23-15-50)86-36-12-11-29-72(5)34-38-82-41-40-81-37-28-53-47-75(71-70-53)35-39-83-42-43-87-57-24-18-52(19-25-57)67-64(80)69-65-68-54(48-88-65)45-61(78)74-32-30-73(6)31-33-74/h7-8,13-15,17-19,22-26,44,47-48,55,62H,1-2,9-12,16,20-21,27-43,45-46H2,3-6H3,(H,66,79)(H2,67,68,69,80)/b49-13+. The lowest BCUT2D eigenvalue weighted by Crippen LogP contribution is -2.47. The van der Waals surface area contributed by atoms with Crippen LogP contribution in [0.5, 0.6) is 23.0 Å². The smallest absolute Gasteiger partial charge is 0.325 e. The van der Waals surface area contributed by atoms with E-state index in [1.165, 1.54) is 11.3 Å². The third-order valence-corrected chi connectivity index (χ3v) is 15.4. The van der Waals surface area contributed by atoms with Crippen LogP contribution in [-0.4, -0.2) is 195 Å². The number of thiazole rings is 1. The number of hydrogen-bond acceptors (Lipinski definition) is 17. The summed E-state index contributed by atoms with van der Waals surface area (Å²) >= 11 is 1.28. The van der Waals surface area contributed by atoms with E-state index in [4.69, 9.17) is 33.2 Å². The van der Waals surface area contributed by atoms with Crippen molar-refractivity contribution < 1.29 is 52.3 Å². The Hall–Kier alpha value is -7.67. The number of allylic oxidation sites excluding steroid dienone is 2. The van der Waals surface area contributed by atoms with Crippen LogP contribution in [0.4, 0.5) is 15.6 Å². The average molecular weight is 1230 g/mol. The van der Waals surface area contributed by atoms with E-state index in [0.29, 0.717) is 138 Å². The zero-order valence-electron chi connectivity index (χ0n) is 51.7. The Morgan fingerprint density at radius 1 is 0.761 bits per heavy atom. The molecule has 0 bridgehead atoms. The van der Waals surface area contributed by atoms with Gasteiger partial charge in [-0.25, -0.2) is 14.5 Å². The summed E-state index contributed by atoms with van der Waals surface area (Å²) in [7, 11) is 4.14. The fourth-order valence-electron chi connectivity index (χ4n) is 9.56. The number of carbonyl (C=O) groups is 4. The highest BCUT2D eigenvalue weighted by molar-refractivity contribution is 7.14. The van der Waals surface area contributed by atoms with Gasteiger partial charge in [-0.05, 0) is 132 Å². The number of carbonyl (C=O) groups excluding carboxylic acids is 4. The molecule has 1 aliphatic carbocycles. The van der Waals surface area contributed by atoms with Crippen LogP contribution in [0.3, 0.4) is 0 Å². The Morgan fingerprint density at radius 3 is 2.19 bits per heavy atom. The van der Waals surface area contributed by atoms with E-state index in [1.807, 2.05) is 74.5 Å². The molecule has 1 saturated heterocycles. The van der Waals surface area contributed by atoms with Gasteiger partial charge in [0.25, 0.3) is 0 Å². The summed E-state index contributed by atoms with van der Waals surface area (Å²) in [5, 5.41) is 19.3. The largest absolute Gasteiger partial charge is 0.494 e. The first-order valence-electron chi connectivity index (χ1n) is 30.6. The van der Waals surface area contributed by atoms with Gasteiger partial charge < -0.3 is 63.4 Å². The van der Waals surface area contributed by atoms with Crippen LogP contribution in [-0.2, 0) is 54.4 Å². The Kier molecular flexibility index (Phi) is 28.7. The molecule has 88 heavy (non-hydrogen) atoms. The number of aromatic nitrogens is 4. The molecule has 3 heterocycles. The van der Waals surface area contributed by atoms with Crippen molar-refractivity contribution in [1.29, 1.82) is 0 Å². The lowest BCUT2D eigenvalue weighted by Gasteiger charge is -2.32. The molecule has 3 N–H and O–H groups in total. The lowest BCUT2D eigenvalue weighted by atomic mass is 10.0. The van der Waals surface area contributed by atoms with E-state index in [0.717, 1.165) is 74.4 Å². The molecule has 7 rings (SSSR count). The molecule has 1 atom stereocenters. The summed E-state index contributed by atoms with van der Waals surface area (Å²) in [6.07, 6.45) is 12.2. The first-order valence-corrected chi connectivity index (χ1v) is 31.5. The van der Waals surface area contributed by atoms with Gasteiger partial charge in [-0.15, -0.1) is 16.4 Å². The second kappa shape index (κ2) is 37.2. The number of urea groups is 1. The van der Waals surface area contributed by atoms with Crippen molar-refractivity contribution in [1.82, 2.24) is 44.9 Å². The number of anilines is 2. The van der Waals surface area contributed by atoms with E-state index in [-0.39, 0.29) is 43.1 Å². The summed E-state index contributed by atoms with van der Waals surface area (Å²) < 4.78 is 42.7. The van der Waals surface area contributed by atoms with Crippen LogP contribution in [0.1, 0.15) is 74.5 Å². The molecule has 1 saturated carbocycles. The topological polar surface area (TPSA) is 226 Å². The van der Waals surface area contributed by atoms with Crippen molar-refractivity contribution >= 4 is 45.9 Å². The predicted octanol–water partition coefficient (Wildman–Crippen LogP) is 8.03. The number of nitrogens with zero attached hydrogens (tertiary/aromatic N) is 8. The quantitative estimate of drug-likeness (QED) is 0.0249. The lowest BCUT2D eigenvalue weighted by molar-refractivity contribution is -0.141. The van der Waals surface area contributed by atoms with Gasteiger partial charge in [-0.1, -0.05) is 54.8 Å². The van der Waals surface area contributed by atoms with Gasteiger partial charge in [0.1, 0.15) is 24.1 Å². The fourth-order valence-corrected chi connectivity index (χ4v) is 10.3. The molecule has 476 valence electrons. The van der Waals surface area contributed by atoms with E-state index in [2.05, 4.69) is 61.3 Å². The van der Waals surface area contributed by atoms with Gasteiger partial charge in [-0.2, -0.15) is 0 Å². The summed E-state index contributed by atoms with van der Waals surface area (Å²) in [5.41, 5.74) is 4.55. The summed E-state index contributed by atoms with van der Waals surface area (Å²) in [6, 6.07) is 19.1. The van der Waals surface area contributed by atoms with Crippen molar-refractivity contribution in [3.63, 3.8) is 0 Å². The molecule has 1 unspecified atom stereocenters. The van der Waals surface area contributed by atoms with Crippen LogP contribution >= 0.6 is 11.3 Å². The van der Waals surface area contributed by atoms with E-state index >= 15 is 0 Å². The van der Waals surface area contributed by atoms with Crippen LogP contribution in [0.2, 0.25) is 0 Å². The van der Waals surface area contributed by atoms with Crippen molar-refractivity contribution in [2.75, 3.05) is 137 Å². The Balaban J connectivity index is 0.681. The first-order chi connectivity index (χ1) is 42.9. The highest BCUT2D eigenvalue weighted by Gasteiger charge is 2.41. The minimum atomic E-state index is -0.861. The minimum absolute atomic E-state index is 0.0386. The number of ether oxygens (including phenoxy) is 7. The number of nitrogens with one attached hydrogen (secondary N) is 3. The Morgan fingerprint density at radius 2 is 1.47 bits per heavy atom. The molecule has 0 radical (unpaired) electrons. The molecule has 2 aliphatic rings. The molecule has 0 spiro atoms. The van der Waals surface area contributed by atoms with Crippen LogP contribution in [0, 0.1) is 0 Å². The summed E-state index contributed by atoms with van der Waals surface area (Å²) in [6.45, 7) is 21.9. The maximum atomic E-state index is 14.2. The molecule has 2 aromatic heterocycles. The number of rotatable bonds is 41. The number of likely N-dealkylation sites (N-methyl/N-ethyl adjacent to an activating group) is 2. The van der Waals surface area contributed by atoms with Crippen LogP contribution in [0.25, 0.3) is 0 Å². The van der Waals surface area contributed by atoms with Crippen molar-refractivity contribution in [2.45, 2.75) is 83.8 Å². The number of unbranched alkanes of at least 4 members (excludes halogenated alkanes) is 1. The normalized spacial score (nSPS) is 13.8. The molecule has 3 aromatic carbocycles. The van der Waals surface area contributed by atoms with Crippen molar-refractivity contribution in [2.24, 2.45) is 0 Å². The predicted molar refractivity (Wildman–Crippen MR) is 341 cm³/mol. The zero-order chi connectivity index (χ0) is 62.3. The van der Waals surface area contributed by atoms with Gasteiger partial charge in [0.2, 0.25) is 17.7 Å². The van der Waals surface area contributed by atoms with Crippen LogP contribution < -0.4 is 34.9 Å². The zero-order valence-corrected chi connectivity index (χ0v) is 52.5. The van der Waals surface area contributed by atoms with E-state index in [1.54, 1.807) is 57.5 Å². The number of hydrogen-bond donors (Lipinski definition) is 3. The third kappa shape index (κ3) is 23.5. The number of piperazine rings is 1. The highest BCUT2D eigenvalue weighted by Crippen LogP contribution is 2.39. The van der Waals surface area contributed by atoms with Gasteiger partial charge in [-0.3, -0.25) is 19.7 Å². The van der Waals surface area contributed by atoms with Crippen molar-refractivity contribution in [3.8, 4) is 23.0 Å². The molecule has 5 aromatic rings. The average Bonchev–Trinajstić information content (AvgIpc) is 2.28.